The van der Waals surface area contributed by atoms with Crippen molar-refractivity contribution in [2.24, 2.45) is 39.7 Å². The van der Waals surface area contributed by atoms with Crippen molar-refractivity contribution in [1.29, 1.82) is 0 Å². The van der Waals surface area contributed by atoms with Crippen LogP contribution < -0.4 is 0 Å². The van der Waals surface area contributed by atoms with Gasteiger partial charge in [0.25, 0.3) is 0 Å². The van der Waals surface area contributed by atoms with Crippen LogP contribution in [0.5, 0.6) is 0 Å². The number of hydrogen-bond acceptors (Lipinski definition) is 5. The molecular weight excluding hydrogens is 376 g/mol. The molecule has 1 aromatic heterocycles. The summed E-state index contributed by atoms with van der Waals surface area (Å²) < 4.78 is 5.11. The van der Waals surface area contributed by atoms with Crippen molar-refractivity contribution in [1.82, 2.24) is 5.16 Å². The van der Waals surface area contributed by atoms with E-state index in [1.54, 1.807) is 0 Å². The first-order chi connectivity index (χ1) is 14.4. The van der Waals surface area contributed by atoms with Crippen LogP contribution in [-0.2, 0) is 11.3 Å². The van der Waals surface area contributed by atoms with E-state index in [2.05, 4.69) is 24.2 Å². The van der Waals surface area contributed by atoms with Gasteiger partial charge >= 0.3 is 0 Å². The van der Waals surface area contributed by atoms with Crippen molar-refractivity contribution in [3.8, 4) is 0 Å². The molecule has 5 rings (SSSR count). The van der Waals surface area contributed by atoms with Gasteiger partial charge in [0.2, 0.25) is 0 Å². The molecule has 1 aromatic rings. The van der Waals surface area contributed by atoms with Crippen molar-refractivity contribution in [2.75, 3.05) is 6.61 Å². The zero-order chi connectivity index (χ0) is 20.9. The summed E-state index contributed by atoms with van der Waals surface area (Å²) in [6, 6.07) is 1.96. The van der Waals surface area contributed by atoms with Gasteiger partial charge in [-0.05, 0) is 99.2 Å². The standard InChI is InChI=1S/C25H38N2O3/c1-16-14-19(27-30-16)10-13-29-26-18-8-11-24(2)17(15-18)4-5-20-21-6-7-23(28)25(21,3)12-9-22(20)24/h14,17,20-23,28H,4-13,15H2,1-3H3. The molecule has 7 unspecified atom stereocenters. The highest BCUT2D eigenvalue weighted by Crippen LogP contribution is 2.65. The van der Waals surface area contributed by atoms with Crippen molar-refractivity contribution >= 4 is 5.71 Å². The molecule has 166 valence electrons. The van der Waals surface area contributed by atoms with Crippen molar-refractivity contribution in [2.45, 2.75) is 91.1 Å². The Morgan fingerprint density at radius 3 is 2.77 bits per heavy atom. The Kier molecular flexibility index (Phi) is 5.24. The van der Waals surface area contributed by atoms with Crippen molar-refractivity contribution in [3.05, 3.63) is 17.5 Å². The number of oxime groups is 1. The van der Waals surface area contributed by atoms with E-state index in [-0.39, 0.29) is 11.5 Å². The summed E-state index contributed by atoms with van der Waals surface area (Å²) in [5, 5.41) is 19.2. The third-order valence-corrected chi connectivity index (χ3v) is 9.77. The second-order valence-corrected chi connectivity index (χ2v) is 11.2. The summed E-state index contributed by atoms with van der Waals surface area (Å²) in [6.45, 7) is 7.42. The number of aliphatic hydroxyl groups excluding tert-OH is 1. The van der Waals surface area contributed by atoms with Gasteiger partial charge in [-0.15, -0.1) is 0 Å². The number of rotatable bonds is 4. The molecular formula is C25H38N2O3. The predicted octanol–water partition coefficient (Wildman–Crippen LogP) is 5.30. The fraction of sp³-hybridized carbons (Fsp3) is 0.840. The molecule has 0 aromatic carbocycles. The highest BCUT2D eigenvalue weighted by atomic mass is 16.6. The number of aryl methyl sites for hydroxylation is 1. The van der Waals surface area contributed by atoms with Gasteiger partial charge in [-0.25, -0.2) is 0 Å². The molecule has 0 radical (unpaired) electrons. The van der Waals surface area contributed by atoms with Gasteiger partial charge < -0.3 is 14.5 Å². The molecule has 1 heterocycles. The summed E-state index contributed by atoms with van der Waals surface area (Å²) >= 11 is 0. The Morgan fingerprint density at radius 2 is 1.97 bits per heavy atom. The SMILES string of the molecule is Cc1cc(CCON=C2CCC3(C)C(CCC4C5CCC(O)C5(C)CCC43)C2)no1. The molecule has 0 spiro atoms. The third-order valence-electron chi connectivity index (χ3n) is 9.77. The first kappa shape index (κ1) is 20.5. The van der Waals surface area contributed by atoms with Gasteiger partial charge in [0.1, 0.15) is 12.4 Å². The smallest absolute Gasteiger partial charge is 0.133 e. The lowest BCUT2D eigenvalue weighted by Gasteiger charge is -2.60. The summed E-state index contributed by atoms with van der Waals surface area (Å²) in [7, 11) is 0. The maximum absolute atomic E-state index is 10.6. The molecule has 5 heteroatoms. The molecule has 0 aliphatic heterocycles. The van der Waals surface area contributed by atoms with E-state index in [1.807, 2.05) is 13.0 Å². The molecule has 4 aliphatic carbocycles. The van der Waals surface area contributed by atoms with Crippen LogP contribution in [0, 0.1) is 41.4 Å². The molecule has 1 N–H and O–H groups in total. The first-order valence-electron chi connectivity index (χ1n) is 12.2. The van der Waals surface area contributed by atoms with Crippen LogP contribution >= 0.6 is 0 Å². The van der Waals surface area contributed by atoms with Crippen LogP contribution in [0.15, 0.2) is 15.7 Å². The van der Waals surface area contributed by atoms with Crippen molar-refractivity contribution in [3.63, 3.8) is 0 Å². The molecule has 7 atom stereocenters. The number of fused-ring (bicyclic) bond motifs is 5. The van der Waals surface area contributed by atoms with E-state index in [0.29, 0.717) is 12.0 Å². The Hall–Kier alpha value is -1.36. The van der Waals surface area contributed by atoms with Gasteiger partial charge in [-0.1, -0.05) is 24.2 Å². The van der Waals surface area contributed by atoms with Crippen LogP contribution in [0.2, 0.25) is 0 Å². The summed E-state index contributed by atoms with van der Waals surface area (Å²) in [4.78, 5) is 5.67. The Labute approximate surface area is 180 Å². The predicted molar refractivity (Wildman–Crippen MR) is 116 cm³/mol. The Balaban J connectivity index is 1.21. The van der Waals surface area contributed by atoms with E-state index in [1.165, 1.54) is 44.2 Å². The highest BCUT2D eigenvalue weighted by molar-refractivity contribution is 5.85. The topological polar surface area (TPSA) is 67.8 Å². The lowest BCUT2D eigenvalue weighted by Crippen LogP contribution is -2.54. The maximum Gasteiger partial charge on any atom is 0.133 e. The molecule has 0 amide bonds. The van der Waals surface area contributed by atoms with E-state index in [4.69, 9.17) is 9.36 Å². The lowest BCUT2D eigenvalue weighted by atomic mass is 9.45. The Morgan fingerprint density at radius 1 is 1.13 bits per heavy atom. The van der Waals surface area contributed by atoms with Crippen molar-refractivity contribution < 1.29 is 14.5 Å². The average molecular weight is 415 g/mol. The number of aromatic nitrogens is 1. The summed E-state index contributed by atoms with van der Waals surface area (Å²) in [6.07, 6.45) is 11.5. The Bertz CT molecular complexity index is 804. The minimum absolute atomic E-state index is 0.0719. The average Bonchev–Trinajstić information content (AvgIpc) is 3.28. The van der Waals surface area contributed by atoms with Crippen LogP contribution in [0.3, 0.4) is 0 Å². The van der Waals surface area contributed by atoms with Gasteiger partial charge in [0.05, 0.1) is 17.5 Å². The number of aliphatic hydroxyl groups is 1. The molecule has 4 saturated carbocycles. The van der Waals surface area contributed by atoms with E-state index < -0.39 is 0 Å². The molecule has 4 aliphatic rings. The molecule has 0 bridgehead atoms. The first-order valence-corrected chi connectivity index (χ1v) is 12.2. The summed E-state index contributed by atoms with van der Waals surface area (Å²) in [5.41, 5.74) is 2.81. The maximum atomic E-state index is 10.6. The van der Waals surface area contributed by atoms with Gasteiger partial charge in [-0.2, -0.15) is 0 Å². The fourth-order valence-electron chi connectivity index (χ4n) is 7.94. The van der Waals surface area contributed by atoms with Crippen LogP contribution in [-0.4, -0.2) is 28.7 Å². The van der Waals surface area contributed by atoms with Gasteiger partial charge in [0, 0.05) is 12.5 Å². The van der Waals surface area contributed by atoms with Gasteiger partial charge in [0.15, 0.2) is 0 Å². The molecule has 5 nitrogen and oxygen atoms in total. The highest BCUT2D eigenvalue weighted by Gasteiger charge is 2.59. The quantitative estimate of drug-likeness (QED) is 0.536. The zero-order valence-electron chi connectivity index (χ0n) is 18.9. The van der Waals surface area contributed by atoms with Crippen LogP contribution in [0.1, 0.15) is 83.1 Å². The zero-order valence-corrected chi connectivity index (χ0v) is 18.9. The number of nitrogens with zero attached hydrogens (tertiary/aromatic N) is 2. The third kappa shape index (κ3) is 3.32. The van der Waals surface area contributed by atoms with E-state index in [9.17, 15) is 5.11 Å². The minimum atomic E-state index is -0.0719. The van der Waals surface area contributed by atoms with Crippen LogP contribution in [0.4, 0.5) is 0 Å². The second kappa shape index (κ2) is 7.65. The normalized spacial score (nSPS) is 44.4. The lowest BCUT2D eigenvalue weighted by molar-refractivity contribution is -0.112. The second-order valence-electron chi connectivity index (χ2n) is 11.2. The molecule has 0 saturated heterocycles. The van der Waals surface area contributed by atoms with Gasteiger partial charge in [-0.3, -0.25) is 0 Å². The molecule has 4 fully saturated rings. The van der Waals surface area contributed by atoms with E-state index in [0.717, 1.165) is 60.8 Å². The monoisotopic (exact) mass is 414 g/mol. The van der Waals surface area contributed by atoms with Crippen LogP contribution in [0.25, 0.3) is 0 Å². The van der Waals surface area contributed by atoms with E-state index >= 15 is 0 Å². The largest absolute Gasteiger partial charge is 0.395 e. The fourth-order valence-corrected chi connectivity index (χ4v) is 7.94. The number of hydrogen-bond donors (Lipinski definition) is 1. The summed E-state index contributed by atoms with van der Waals surface area (Å²) in [5.74, 6) is 3.97. The minimum Gasteiger partial charge on any atom is -0.395 e. The molecule has 30 heavy (non-hydrogen) atoms.